The molecule has 3 nitrogen and oxygen atoms in total. The van der Waals surface area contributed by atoms with Gasteiger partial charge in [-0.05, 0) is 28.1 Å². The van der Waals surface area contributed by atoms with Gasteiger partial charge < -0.3 is 4.74 Å². The van der Waals surface area contributed by atoms with E-state index < -0.39 is 0 Å². The summed E-state index contributed by atoms with van der Waals surface area (Å²) < 4.78 is 8.29. The van der Waals surface area contributed by atoms with Gasteiger partial charge in [0.25, 0.3) is 0 Å². The Kier molecular flexibility index (Phi) is 2.37. The van der Waals surface area contributed by atoms with E-state index in [4.69, 9.17) is 4.74 Å². The van der Waals surface area contributed by atoms with Crippen LogP contribution in [0, 0.1) is 0 Å². The van der Waals surface area contributed by atoms with Crippen LogP contribution >= 0.6 is 27.3 Å². The fourth-order valence-corrected chi connectivity index (χ4v) is 2.13. The molecule has 0 saturated carbocycles. The highest BCUT2D eigenvalue weighted by atomic mass is 79.9. The number of hydrogen-bond donors (Lipinski definition) is 0. The zero-order valence-corrected chi connectivity index (χ0v) is 9.30. The SMILES string of the molecule is Cn1cc(Oc2ccc(Br)s2)cn1. The Bertz CT molecular complexity index is 371. The summed E-state index contributed by atoms with van der Waals surface area (Å²) in [5.74, 6) is 0.761. The van der Waals surface area contributed by atoms with Crippen molar-refractivity contribution in [2.24, 2.45) is 7.05 Å². The largest absolute Gasteiger partial charge is 0.443 e. The molecule has 0 fully saturated rings. The molecule has 0 saturated heterocycles. The molecule has 0 aliphatic rings. The molecule has 0 aliphatic heterocycles. The highest BCUT2D eigenvalue weighted by Gasteiger charge is 2.01. The maximum atomic E-state index is 5.53. The van der Waals surface area contributed by atoms with Crippen molar-refractivity contribution >= 4 is 27.3 Å². The smallest absolute Gasteiger partial charge is 0.182 e. The number of hydrogen-bond acceptors (Lipinski definition) is 3. The molecule has 0 aromatic carbocycles. The molecule has 2 rings (SSSR count). The lowest BCUT2D eigenvalue weighted by molar-refractivity contribution is 0.496. The van der Waals surface area contributed by atoms with E-state index in [0.717, 1.165) is 14.6 Å². The van der Waals surface area contributed by atoms with Crippen LogP contribution in [-0.4, -0.2) is 9.78 Å². The fraction of sp³-hybridized carbons (Fsp3) is 0.125. The van der Waals surface area contributed by atoms with Crippen LogP contribution in [0.15, 0.2) is 28.3 Å². The number of thiophene rings is 1. The average Bonchev–Trinajstić information content (AvgIpc) is 2.62. The van der Waals surface area contributed by atoms with Crippen LogP contribution in [0.5, 0.6) is 10.8 Å². The van der Waals surface area contributed by atoms with Crippen molar-refractivity contribution in [1.82, 2.24) is 9.78 Å². The summed E-state index contributed by atoms with van der Waals surface area (Å²) in [6.45, 7) is 0. The molecule has 0 spiro atoms. The van der Waals surface area contributed by atoms with Crippen LogP contribution in [-0.2, 0) is 7.05 Å². The second-order valence-electron chi connectivity index (χ2n) is 2.51. The van der Waals surface area contributed by atoms with E-state index in [9.17, 15) is 0 Å². The van der Waals surface area contributed by atoms with Gasteiger partial charge in [-0.1, -0.05) is 11.3 Å². The molecule has 0 radical (unpaired) electrons. The number of halogens is 1. The fourth-order valence-electron chi connectivity index (χ4n) is 0.920. The lowest BCUT2D eigenvalue weighted by Gasteiger charge is -1.95. The Morgan fingerprint density at radius 2 is 2.38 bits per heavy atom. The first kappa shape index (κ1) is 8.77. The van der Waals surface area contributed by atoms with E-state index in [-0.39, 0.29) is 0 Å². The van der Waals surface area contributed by atoms with Crippen molar-refractivity contribution in [2.75, 3.05) is 0 Å². The topological polar surface area (TPSA) is 27.1 Å². The van der Waals surface area contributed by atoms with Crippen LogP contribution in [0.3, 0.4) is 0 Å². The summed E-state index contributed by atoms with van der Waals surface area (Å²) in [5.41, 5.74) is 0. The summed E-state index contributed by atoms with van der Waals surface area (Å²) in [6, 6.07) is 3.87. The summed E-state index contributed by atoms with van der Waals surface area (Å²) in [6.07, 6.45) is 3.52. The van der Waals surface area contributed by atoms with Gasteiger partial charge in [0, 0.05) is 7.05 Å². The summed E-state index contributed by atoms with van der Waals surface area (Å²) in [4.78, 5) is 0. The van der Waals surface area contributed by atoms with Crippen LogP contribution < -0.4 is 4.74 Å². The van der Waals surface area contributed by atoms with Gasteiger partial charge in [0.05, 0.1) is 16.2 Å². The Balaban J connectivity index is 2.14. The lowest BCUT2D eigenvalue weighted by atomic mass is 10.6. The molecule has 5 heteroatoms. The van der Waals surface area contributed by atoms with Crippen molar-refractivity contribution in [3.63, 3.8) is 0 Å². The highest BCUT2D eigenvalue weighted by Crippen LogP contribution is 2.31. The summed E-state index contributed by atoms with van der Waals surface area (Å²) in [5, 5.41) is 4.87. The van der Waals surface area contributed by atoms with E-state index >= 15 is 0 Å². The van der Waals surface area contributed by atoms with Gasteiger partial charge in [-0.2, -0.15) is 5.10 Å². The van der Waals surface area contributed by atoms with Crippen LogP contribution in [0.25, 0.3) is 0 Å². The first-order valence-corrected chi connectivity index (χ1v) is 5.27. The Labute approximate surface area is 88.1 Å². The molecular formula is C8H7BrN2OS. The number of nitrogens with zero attached hydrogens (tertiary/aromatic N) is 2. The maximum absolute atomic E-state index is 5.53. The Morgan fingerprint density at radius 3 is 2.92 bits per heavy atom. The van der Waals surface area contributed by atoms with Crippen molar-refractivity contribution < 1.29 is 4.74 Å². The second kappa shape index (κ2) is 3.51. The highest BCUT2D eigenvalue weighted by molar-refractivity contribution is 9.11. The molecule has 0 aliphatic carbocycles. The molecule has 0 unspecified atom stereocenters. The predicted molar refractivity (Wildman–Crippen MR) is 55.3 cm³/mol. The number of ether oxygens (including phenoxy) is 1. The third kappa shape index (κ3) is 2.10. The van der Waals surface area contributed by atoms with Gasteiger partial charge in [-0.25, -0.2) is 0 Å². The molecule has 2 heterocycles. The number of aromatic nitrogens is 2. The second-order valence-corrected chi connectivity index (χ2v) is 4.94. The predicted octanol–water partition coefficient (Wildman–Crippen LogP) is 3.04. The quantitative estimate of drug-likeness (QED) is 0.828. The van der Waals surface area contributed by atoms with Crippen molar-refractivity contribution in [2.45, 2.75) is 0 Å². The minimum Gasteiger partial charge on any atom is -0.443 e. The molecule has 13 heavy (non-hydrogen) atoms. The molecule has 0 atom stereocenters. The minimum absolute atomic E-state index is 0.761. The van der Waals surface area contributed by atoms with E-state index in [2.05, 4.69) is 21.0 Å². The van der Waals surface area contributed by atoms with Crippen LogP contribution in [0.4, 0.5) is 0 Å². The first-order chi connectivity index (χ1) is 6.24. The Morgan fingerprint density at radius 1 is 1.54 bits per heavy atom. The van der Waals surface area contributed by atoms with Crippen molar-refractivity contribution in [1.29, 1.82) is 0 Å². The third-order valence-corrected chi connectivity index (χ3v) is 2.95. The molecule has 0 N–H and O–H groups in total. The number of rotatable bonds is 2. The van der Waals surface area contributed by atoms with Crippen LogP contribution in [0.2, 0.25) is 0 Å². The molecule has 2 aromatic rings. The average molecular weight is 259 g/mol. The molecule has 0 bridgehead atoms. The van der Waals surface area contributed by atoms with E-state index in [1.165, 1.54) is 0 Å². The monoisotopic (exact) mass is 258 g/mol. The van der Waals surface area contributed by atoms with Crippen LogP contribution in [0.1, 0.15) is 0 Å². The zero-order valence-electron chi connectivity index (χ0n) is 6.90. The van der Waals surface area contributed by atoms with E-state index in [1.807, 2.05) is 25.4 Å². The van der Waals surface area contributed by atoms with Crippen molar-refractivity contribution in [3.05, 3.63) is 28.3 Å². The van der Waals surface area contributed by atoms with Gasteiger partial charge in [0.1, 0.15) is 0 Å². The molecular weight excluding hydrogens is 252 g/mol. The molecule has 0 amide bonds. The van der Waals surface area contributed by atoms with Gasteiger partial charge in [0.15, 0.2) is 10.8 Å². The van der Waals surface area contributed by atoms with Gasteiger partial charge in [-0.3, -0.25) is 4.68 Å². The summed E-state index contributed by atoms with van der Waals surface area (Å²) >= 11 is 4.92. The van der Waals surface area contributed by atoms with E-state index in [0.29, 0.717) is 0 Å². The van der Waals surface area contributed by atoms with Gasteiger partial charge in [-0.15, -0.1) is 0 Å². The summed E-state index contributed by atoms with van der Waals surface area (Å²) in [7, 11) is 1.86. The Hall–Kier alpha value is -0.810. The first-order valence-electron chi connectivity index (χ1n) is 3.66. The maximum Gasteiger partial charge on any atom is 0.182 e. The normalized spacial score (nSPS) is 10.3. The zero-order chi connectivity index (χ0) is 9.26. The number of aryl methyl sites for hydroxylation is 1. The minimum atomic E-state index is 0.761. The van der Waals surface area contributed by atoms with Gasteiger partial charge >= 0.3 is 0 Å². The lowest BCUT2D eigenvalue weighted by Crippen LogP contribution is -1.84. The van der Waals surface area contributed by atoms with Gasteiger partial charge in [0.2, 0.25) is 0 Å². The van der Waals surface area contributed by atoms with E-state index in [1.54, 1.807) is 22.2 Å². The molecule has 2 aromatic heterocycles. The molecule has 68 valence electrons. The van der Waals surface area contributed by atoms with Crippen molar-refractivity contribution in [3.8, 4) is 10.8 Å². The standard InChI is InChI=1S/C8H7BrN2OS/c1-11-5-6(4-10-11)12-8-3-2-7(9)13-8/h2-5H,1H3. The third-order valence-electron chi connectivity index (χ3n) is 1.45.